The lowest BCUT2D eigenvalue weighted by atomic mass is 10.0. The van der Waals surface area contributed by atoms with Crippen molar-refractivity contribution in [1.82, 2.24) is 9.80 Å². The van der Waals surface area contributed by atoms with Crippen LogP contribution in [0.15, 0.2) is 30.3 Å². The molecule has 2 aliphatic heterocycles. The molecule has 1 atom stereocenters. The van der Waals surface area contributed by atoms with Crippen molar-refractivity contribution in [3.8, 4) is 0 Å². The zero-order chi connectivity index (χ0) is 17.1. The molecule has 0 spiro atoms. The van der Waals surface area contributed by atoms with Crippen molar-refractivity contribution in [3.05, 3.63) is 41.5 Å². The number of hydrogen-bond donors (Lipinski definition) is 0. The van der Waals surface area contributed by atoms with Gasteiger partial charge >= 0.3 is 0 Å². The van der Waals surface area contributed by atoms with Crippen LogP contribution in [0.5, 0.6) is 0 Å². The third kappa shape index (κ3) is 3.53. The molecule has 24 heavy (non-hydrogen) atoms. The lowest BCUT2D eigenvalue weighted by Crippen LogP contribution is -2.49. The first-order valence-electron chi connectivity index (χ1n) is 8.89. The van der Waals surface area contributed by atoms with Gasteiger partial charge in [0.05, 0.1) is 0 Å². The van der Waals surface area contributed by atoms with Gasteiger partial charge in [0.1, 0.15) is 0 Å². The predicted octanol–water partition coefficient (Wildman–Crippen LogP) is 3.01. The third-order valence-electron chi connectivity index (χ3n) is 5.17. The van der Waals surface area contributed by atoms with Crippen LogP contribution < -0.4 is 0 Å². The van der Waals surface area contributed by atoms with Crippen LogP contribution in [0.2, 0.25) is 0 Å². The summed E-state index contributed by atoms with van der Waals surface area (Å²) in [5, 5.41) is 0. The zero-order valence-electron chi connectivity index (χ0n) is 14.6. The Kier molecular flexibility index (Phi) is 5.03. The minimum Gasteiger partial charge on any atom is -0.338 e. The van der Waals surface area contributed by atoms with Crippen LogP contribution in [0.1, 0.15) is 43.7 Å². The normalized spacial score (nSPS) is 22.2. The molecule has 2 amide bonds. The van der Waals surface area contributed by atoms with Crippen molar-refractivity contribution in [1.29, 1.82) is 0 Å². The van der Waals surface area contributed by atoms with Crippen LogP contribution in [-0.4, -0.2) is 47.3 Å². The van der Waals surface area contributed by atoms with Crippen molar-refractivity contribution in [2.75, 3.05) is 19.6 Å². The Labute approximate surface area is 144 Å². The standard InChI is InChI=1S/C20H26N2O2/c1-15-7-3-4-9-18(15)16(2)13-20(24)21-11-5-8-17(14-21)22-12-6-10-19(22)23/h3-4,7,9,13,17H,5-6,8,10-12,14H2,1-2H3/b16-13-. The molecule has 3 rings (SSSR count). The largest absolute Gasteiger partial charge is 0.338 e. The van der Waals surface area contributed by atoms with Crippen molar-refractivity contribution >= 4 is 17.4 Å². The maximum absolute atomic E-state index is 12.7. The first-order valence-corrected chi connectivity index (χ1v) is 8.89. The molecule has 2 fully saturated rings. The topological polar surface area (TPSA) is 40.6 Å². The number of piperidine rings is 1. The molecule has 0 aromatic heterocycles. The van der Waals surface area contributed by atoms with E-state index in [2.05, 4.69) is 19.1 Å². The van der Waals surface area contributed by atoms with E-state index in [0.717, 1.165) is 43.5 Å². The molecule has 0 bridgehead atoms. The molecule has 0 saturated carbocycles. The molecule has 1 aromatic carbocycles. The van der Waals surface area contributed by atoms with Gasteiger partial charge in [-0.3, -0.25) is 9.59 Å². The number of rotatable bonds is 3. The van der Waals surface area contributed by atoms with E-state index in [1.54, 1.807) is 6.08 Å². The van der Waals surface area contributed by atoms with Gasteiger partial charge in [-0.1, -0.05) is 24.3 Å². The van der Waals surface area contributed by atoms with E-state index >= 15 is 0 Å². The van der Waals surface area contributed by atoms with Crippen LogP contribution in [0, 0.1) is 6.92 Å². The van der Waals surface area contributed by atoms with Gasteiger partial charge in [-0.15, -0.1) is 0 Å². The van der Waals surface area contributed by atoms with E-state index in [0.29, 0.717) is 13.0 Å². The zero-order valence-corrected chi connectivity index (χ0v) is 14.6. The van der Waals surface area contributed by atoms with Gasteiger partial charge in [0.2, 0.25) is 11.8 Å². The number of aryl methyl sites for hydroxylation is 1. The summed E-state index contributed by atoms with van der Waals surface area (Å²) in [5.74, 6) is 0.313. The Bertz CT molecular complexity index is 665. The number of allylic oxidation sites excluding steroid dienone is 1. The molecule has 128 valence electrons. The van der Waals surface area contributed by atoms with E-state index in [1.807, 2.05) is 28.9 Å². The van der Waals surface area contributed by atoms with Gasteiger partial charge in [0, 0.05) is 38.2 Å². The number of carbonyl (C=O) groups is 2. The number of nitrogens with zero attached hydrogens (tertiary/aromatic N) is 2. The highest BCUT2D eigenvalue weighted by Gasteiger charge is 2.32. The number of likely N-dealkylation sites (tertiary alicyclic amines) is 2. The molecule has 2 aliphatic rings. The molecule has 0 N–H and O–H groups in total. The fraction of sp³-hybridized carbons (Fsp3) is 0.500. The van der Waals surface area contributed by atoms with Crippen LogP contribution >= 0.6 is 0 Å². The first kappa shape index (κ1) is 16.7. The maximum atomic E-state index is 12.7. The summed E-state index contributed by atoms with van der Waals surface area (Å²) in [5.41, 5.74) is 3.30. The average Bonchev–Trinajstić information content (AvgIpc) is 3.01. The summed E-state index contributed by atoms with van der Waals surface area (Å²) in [6.45, 7) is 6.36. The molecular formula is C20H26N2O2. The molecule has 1 unspecified atom stereocenters. The summed E-state index contributed by atoms with van der Waals surface area (Å²) in [6, 6.07) is 8.32. The molecule has 2 heterocycles. The fourth-order valence-corrected chi connectivity index (χ4v) is 3.83. The van der Waals surface area contributed by atoms with Crippen LogP contribution in [0.4, 0.5) is 0 Å². The van der Waals surface area contributed by atoms with Gasteiger partial charge in [-0.25, -0.2) is 0 Å². The Balaban J connectivity index is 1.69. The minimum absolute atomic E-state index is 0.0621. The van der Waals surface area contributed by atoms with E-state index in [-0.39, 0.29) is 17.9 Å². The SMILES string of the molecule is C/C(=C/C(=O)N1CCCC(N2CCCC2=O)C1)c1ccccc1C. The van der Waals surface area contributed by atoms with Crippen molar-refractivity contribution in [2.45, 2.75) is 45.6 Å². The van der Waals surface area contributed by atoms with E-state index < -0.39 is 0 Å². The predicted molar refractivity (Wildman–Crippen MR) is 95.4 cm³/mol. The van der Waals surface area contributed by atoms with Gasteiger partial charge in [0.25, 0.3) is 0 Å². The number of benzene rings is 1. The highest BCUT2D eigenvalue weighted by molar-refractivity contribution is 5.95. The van der Waals surface area contributed by atoms with Crippen LogP contribution in [-0.2, 0) is 9.59 Å². The second-order valence-electron chi connectivity index (χ2n) is 6.91. The molecule has 4 nitrogen and oxygen atoms in total. The number of hydrogen-bond acceptors (Lipinski definition) is 2. The molecular weight excluding hydrogens is 300 g/mol. The first-order chi connectivity index (χ1) is 11.6. The van der Waals surface area contributed by atoms with Crippen LogP contribution in [0.25, 0.3) is 5.57 Å². The molecule has 1 aromatic rings. The van der Waals surface area contributed by atoms with E-state index in [1.165, 1.54) is 5.56 Å². The quantitative estimate of drug-likeness (QED) is 0.801. The van der Waals surface area contributed by atoms with Crippen molar-refractivity contribution < 1.29 is 9.59 Å². The Morgan fingerprint density at radius 2 is 2.00 bits per heavy atom. The van der Waals surface area contributed by atoms with Gasteiger partial charge in [-0.05, 0) is 49.8 Å². The lowest BCUT2D eigenvalue weighted by Gasteiger charge is -2.37. The van der Waals surface area contributed by atoms with Gasteiger partial charge in [0.15, 0.2) is 0 Å². The number of carbonyl (C=O) groups excluding carboxylic acids is 2. The molecule has 2 saturated heterocycles. The minimum atomic E-state index is 0.0621. The maximum Gasteiger partial charge on any atom is 0.246 e. The smallest absolute Gasteiger partial charge is 0.246 e. The third-order valence-corrected chi connectivity index (χ3v) is 5.17. The number of amides is 2. The summed E-state index contributed by atoms with van der Waals surface area (Å²) >= 11 is 0. The van der Waals surface area contributed by atoms with Crippen molar-refractivity contribution in [2.24, 2.45) is 0 Å². The second-order valence-corrected chi connectivity index (χ2v) is 6.91. The Morgan fingerprint density at radius 3 is 2.71 bits per heavy atom. The monoisotopic (exact) mass is 326 g/mol. The van der Waals surface area contributed by atoms with E-state index in [4.69, 9.17) is 0 Å². The van der Waals surface area contributed by atoms with Gasteiger partial charge < -0.3 is 9.80 Å². The van der Waals surface area contributed by atoms with Crippen molar-refractivity contribution in [3.63, 3.8) is 0 Å². The summed E-state index contributed by atoms with van der Waals surface area (Å²) in [6.07, 6.45) is 5.34. The second kappa shape index (κ2) is 7.20. The fourth-order valence-electron chi connectivity index (χ4n) is 3.83. The Morgan fingerprint density at radius 1 is 1.21 bits per heavy atom. The van der Waals surface area contributed by atoms with Gasteiger partial charge in [-0.2, -0.15) is 0 Å². The summed E-state index contributed by atoms with van der Waals surface area (Å²) in [4.78, 5) is 28.5. The highest BCUT2D eigenvalue weighted by atomic mass is 16.2. The molecule has 0 radical (unpaired) electrons. The summed E-state index contributed by atoms with van der Waals surface area (Å²) in [7, 11) is 0. The average molecular weight is 326 g/mol. The molecule has 4 heteroatoms. The van der Waals surface area contributed by atoms with E-state index in [9.17, 15) is 9.59 Å². The highest BCUT2D eigenvalue weighted by Crippen LogP contribution is 2.23. The van der Waals surface area contributed by atoms with Crippen LogP contribution in [0.3, 0.4) is 0 Å². The summed E-state index contributed by atoms with van der Waals surface area (Å²) < 4.78 is 0. The lowest BCUT2D eigenvalue weighted by molar-refractivity contribution is -0.134. The molecule has 0 aliphatic carbocycles. The Hall–Kier alpha value is -2.10.